The lowest BCUT2D eigenvalue weighted by molar-refractivity contribution is -0.139. The summed E-state index contributed by atoms with van der Waals surface area (Å²) in [7, 11) is 0. The van der Waals surface area contributed by atoms with Crippen molar-refractivity contribution in [3.63, 3.8) is 0 Å². The smallest absolute Gasteiger partial charge is 0.325 e. The van der Waals surface area contributed by atoms with Gasteiger partial charge in [-0.1, -0.05) is 13.0 Å². The van der Waals surface area contributed by atoms with Gasteiger partial charge in [0.2, 0.25) is 0 Å². The first-order valence-corrected chi connectivity index (χ1v) is 5.26. The number of carboxylic acid groups (broad SMARTS) is 1. The van der Waals surface area contributed by atoms with E-state index in [-0.39, 0.29) is 4.47 Å². The number of benzene rings is 1. The number of hydrogen-bond acceptors (Lipinski definition) is 2. The fraction of sp³-hybridized carbons (Fsp3) is 0.300. The maximum Gasteiger partial charge on any atom is 0.325 e. The van der Waals surface area contributed by atoms with Gasteiger partial charge in [-0.15, -0.1) is 0 Å². The molecule has 0 bridgehead atoms. The molecule has 0 fully saturated rings. The van der Waals surface area contributed by atoms with Crippen LogP contribution in [0.5, 0.6) is 0 Å². The molecule has 2 N–H and O–H groups in total. The van der Waals surface area contributed by atoms with E-state index in [1.54, 1.807) is 0 Å². The van der Waals surface area contributed by atoms with Gasteiger partial charge < -0.3 is 10.4 Å². The molecule has 0 radical (unpaired) electrons. The Bertz CT molecular complexity index is 370. The van der Waals surface area contributed by atoms with E-state index in [2.05, 4.69) is 21.2 Å². The van der Waals surface area contributed by atoms with Gasteiger partial charge >= 0.3 is 5.97 Å². The maximum atomic E-state index is 12.9. The number of carboxylic acids is 1. The average Bonchev–Trinajstić information content (AvgIpc) is 2.18. The summed E-state index contributed by atoms with van der Waals surface area (Å²) in [5, 5.41) is 11.7. The highest BCUT2D eigenvalue weighted by atomic mass is 79.9. The standard InChI is InChI=1S/C10H11BrFNO2/c1-2-13-9(10(14)15)6-3-4-8(12)7(11)5-6/h3-5,9,13H,2H2,1H3,(H,14,15). The molecule has 3 nitrogen and oxygen atoms in total. The Morgan fingerprint density at radius 2 is 2.33 bits per heavy atom. The zero-order valence-electron chi connectivity index (χ0n) is 8.13. The Labute approximate surface area is 95.4 Å². The molecular weight excluding hydrogens is 265 g/mol. The monoisotopic (exact) mass is 275 g/mol. The molecule has 0 saturated carbocycles. The number of likely N-dealkylation sites (N-methyl/N-ethyl adjacent to an activating group) is 1. The molecule has 0 saturated heterocycles. The molecular formula is C10H11BrFNO2. The SMILES string of the molecule is CCNC(C(=O)O)c1ccc(F)c(Br)c1. The van der Waals surface area contributed by atoms with Gasteiger partial charge in [0.05, 0.1) is 4.47 Å². The Hall–Kier alpha value is -0.940. The van der Waals surface area contributed by atoms with Crippen molar-refractivity contribution >= 4 is 21.9 Å². The minimum atomic E-state index is -0.977. The first-order valence-electron chi connectivity index (χ1n) is 4.47. The minimum absolute atomic E-state index is 0.268. The summed E-state index contributed by atoms with van der Waals surface area (Å²) in [4.78, 5) is 10.9. The molecule has 1 rings (SSSR count). The molecule has 1 aromatic rings. The van der Waals surface area contributed by atoms with Crippen molar-refractivity contribution in [3.8, 4) is 0 Å². The number of carbonyl (C=O) groups is 1. The molecule has 15 heavy (non-hydrogen) atoms. The van der Waals surface area contributed by atoms with Gasteiger partial charge in [0, 0.05) is 0 Å². The third-order valence-corrected chi connectivity index (χ3v) is 2.54. The minimum Gasteiger partial charge on any atom is -0.480 e. The highest BCUT2D eigenvalue weighted by molar-refractivity contribution is 9.10. The molecule has 1 aromatic carbocycles. The molecule has 5 heteroatoms. The number of hydrogen-bond donors (Lipinski definition) is 2. The van der Waals surface area contributed by atoms with Gasteiger partial charge in [-0.25, -0.2) is 4.39 Å². The van der Waals surface area contributed by atoms with Crippen LogP contribution in [-0.2, 0) is 4.79 Å². The second-order valence-electron chi connectivity index (χ2n) is 3.00. The quantitative estimate of drug-likeness (QED) is 0.887. The van der Waals surface area contributed by atoms with Crippen molar-refractivity contribution in [1.29, 1.82) is 0 Å². The predicted octanol–water partition coefficient (Wildman–Crippen LogP) is 2.32. The van der Waals surface area contributed by atoms with E-state index in [0.717, 1.165) is 0 Å². The molecule has 0 heterocycles. The fourth-order valence-electron chi connectivity index (χ4n) is 1.24. The Morgan fingerprint density at radius 3 is 2.80 bits per heavy atom. The average molecular weight is 276 g/mol. The summed E-state index contributed by atoms with van der Waals surface area (Å²) in [6.45, 7) is 2.35. The van der Waals surface area contributed by atoms with E-state index in [1.807, 2.05) is 6.92 Å². The van der Waals surface area contributed by atoms with Crippen LogP contribution in [-0.4, -0.2) is 17.6 Å². The summed E-state index contributed by atoms with van der Waals surface area (Å²) in [5.41, 5.74) is 0.526. The van der Waals surface area contributed by atoms with E-state index in [4.69, 9.17) is 5.11 Å². The fourth-order valence-corrected chi connectivity index (χ4v) is 1.64. The lowest BCUT2D eigenvalue weighted by Gasteiger charge is -2.13. The third kappa shape index (κ3) is 3.00. The maximum absolute atomic E-state index is 12.9. The largest absolute Gasteiger partial charge is 0.480 e. The van der Waals surface area contributed by atoms with Crippen LogP contribution in [0.4, 0.5) is 4.39 Å². The van der Waals surface area contributed by atoms with Crippen LogP contribution in [0, 0.1) is 5.82 Å². The number of nitrogens with one attached hydrogen (secondary N) is 1. The second-order valence-corrected chi connectivity index (χ2v) is 3.86. The summed E-state index contributed by atoms with van der Waals surface area (Å²) in [6, 6.07) is 3.37. The normalized spacial score (nSPS) is 12.5. The van der Waals surface area contributed by atoms with Crippen LogP contribution >= 0.6 is 15.9 Å². The van der Waals surface area contributed by atoms with Crippen LogP contribution in [0.2, 0.25) is 0 Å². The van der Waals surface area contributed by atoms with Gasteiger partial charge in [-0.05, 0) is 40.2 Å². The predicted molar refractivity (Wildman–Crippen MR) is 58.2 cm³/mol. The summed E-state index contributed by atoms with van der Waals surface area (Å²) >= 11 is 3.02. The van der Waals surface area contributed by atoms with Crippen LogP contribution in [0.15, 0.2) is 22.7 Å². The van der Waals surface area contributed by atoms with E-state index in [1.165, 1.54) is 18.2 Å². The van der Waals surface area contributed by atoms with Crippen molar-refractivity contribution in [2.45, 2.75) is 13.0 Å². The number of halogens is 2. The van der Waals surface area contributed by atoms with Crippen molar-refractivity contribution in [2.75, 3.05) is 6.54 Å². The van der Waals surface area contributed by atoms with Crippen LogP contribution in [0.25, 0.3) is 0 Å². The molecule has 0 spiro atoms. The highest BCUT2D eigenvalue weighted by Crippen LogP contribution is 2.21. The van der Waals surface area contributed by atoms with Crippen LogP contribution in [0.1, 0.15) is 18.5 Å². The summed E-state index contributed by atoms with van der Waals surface area (Å²) in [5.74, 6) is -1.38. The molecule has 0 aliphatic carbocycles. The van der Waals surface area contributed by atoms with Gasteiger partial charge in [0.15, 0.2) is 0 Å². The topological polar surface area (TPSA) is 49.3 Å². The molecule has 1 atom stereocenters. The van der Waals surface area contributed by atoms with Crippen molar-refractivity contribution in [2.24, 2.45) is 0 Å². The zero-order valence-corrected chi connectivity index (χ0v) is 9.71. The van der Waals surface area contributed by atoms with Crippen molar-refractivity contribution < 1.29 is 14.3 Å². The first-order chi connectivity index (χ1) is 7.06. The lowest BCUT2D eigenvalue weighted by Crippen LogP contribution is -2.28. The Balaban J connectivity index is 3.01. The first kappa shape index (κ1) is 12.1. The van der Waals surface area contributed by atoms with Gasteiger partial charge in [0.25, 0.3) is 0 Å². The summed E-state index contributed by atoms with van der Waals surface area (Å²) < 4.78 is 13.2. The Kier molecular flexibility index (Phi) is 4.23. The van der Waals surface area contributed by atoms with Gasteiger partial charge in [0.1, 0.15) is 11.9 Å². The zero-order chi connectivity index (χ0) is 11.4. The highest BCUT2D eigenvalue weighted by Gasteiger charge is 2.18. The number of rotatable bonds is 4. The van der Waals surface area contributed by atoms with E-state index in [0.29, 0.717) is 12.1 Å². The van der Waals surface area contributed by atoms with Crippen LogP contribution < -0.4 is 5.32 Å². The molecule has 82 valence electrons. The van der Waals surface area contributed by atoms with E-state index in [9.17, 15) is 9.18 Å². The van der Waals surface area contributed by atoms with E-state index < -0.39 is 17.8 Å². The molecule has 0 aliphatic rings. The summed E-state index contributed by atoms with van der Waals surface area (Å²) in [6.07, 6.45) is 0. The molecule has 0 aliphatic heterocycles. The lowest BCUT2D eigenvalue weighted by atomic mass is 10.1. The van der Waals surface area contributed by atoms with Crippen molar-refractivity contribution in [3.05, 3.63) is 34.1 Å². The van der Waals surface area contributed by atoms with Crippen molar-refractivity contribution in [1.82, 2.24) is 5.32 Å². The Morgan fingerprint density at radius 1 is 1.67 bits per heavy atom. The van der Waals surface area contributed by atoms with Crippen LogP contribution in [0.3, 0.4) is 0 Å². The molecule has 1 unspecified atom stereocenters. The van der Waals surface area contributed by atoms with E-state index >= 15 is 0 Å². The third-order valence-electron chi connectivity index (χ3n) is 1.93. The van der Waals surface area contributed by atoms with Gasteiger partial charge in [-0.3, -0.25) is 4.79 Å². The number of aliphatic carboxylic acids is 1. The molecule has 0 amide bonds. The molecule has 0 aromatic heterocycles. The van der Waals surface area contributed by atoms with Gasteiger partial charge in [-0.2, -0.15) is 0 Å². The second kappa shape index (κ2) is 5.23.